The Morgan fingerprint density at radius 3 is 1.71 bits per heavy atom. The van der Waals surface area contributed by atoms with Gasteiger partial charge in [-0.05, 0) is 18.0 Å². The van der Waals surface area contributed by atoms with E-state index in [1.54, 1.807) is 0 Å². The maximum atomic E-state index is 2.74. The maximum Gasteiger partial charge on any atom is -0.0376 e. The Morgan fingerprint density at radius 1 is 1.29 bits per heavy atom. The third-order valence-corrected chi connectivity index (χ3v) is 1.18. The normalized spacial score (nSPS) is 12.0. The van der Waals surface area contributed by atoms with Crippen LogP contribution in [0.5, 0.6) is 0 Å². The minimum atomic E-state index is 0.530. The van der Waals surface area contributed by atoms with Crippen LogP contribution in [0.4, 0.5) is 0 Å². The molecule has 0 spiro atoms. The summed E-state index contributed by atoms with van der Waals surface area (Å²) in [6.45, 7) is 6.78. The van der Waals surface area contributed by atoms with Crippen molar-refractivity contribution in [2.45, 2.75) is 27.2 Å². The fourth-order valence-electron chi connectivity index (χ4n) is 0.433. The summed E-state index contributed by atoms with van der Waals surface area (Å²) < 4.78 is 0. The van der Waals surface area contributed by atoms with Gasteiger partial charge >= 0.3 is 0 Å². The van der Waals surface area contributed by atoms with E-state index < -0.39 is 0 Å². The van der Waals surface area contributed by atoms with Gasteiger partial charge in [0.15, 0.2) is 0 Å². The first-order valence-electron chi connectivity index (χ1n) is 2.76. The van der Waals surface area contributed by atoms with Crippen LogP contribution >= 0.6 is 9.24 Å². The summed E-state index contributed by atoms with van der Waals surface area (Å²) in [6.07, 6.45) is 2.53. The lowest BCUT2D eigenvalue weighted by Crippen LogP contribution is -2.04. The molecule has 1 unspecified atom stereocenters. The smallest absolute Gasteiger partial charge is 0.0376 e. The van der Waals surface area contributed by atoms with Crippen molar-refractivity contribution < 1.29 is 0 Å². The molecule has 0 radical (unpaired) electrons. The molecule has 0 aromatic rings. The molecule has 0 aliphatic rings. The summed E-state index contributed by atoms with van der Waals surface area (Å²) in [4.78, 5) is 0. The van der Waals surface area contributed by atoms with E-state index in [0.29, 0.717) is 5.41 Å². The average molecular weight is 118 g/mol. The minimum Gasteiger partial charge on any atom is -0.138 e. The zero-order valence-corrected chi connectivity index (χ0v) is 6.65. The summed E-state index contributed by atoms with van der Waals surface area (Å²) in [6, 6.07) is 0. The van der Waals surface area contributed by atoms with Gasteiger partial charge in [-0.1, -0.05) is 20.8 Å². The summed E-state index contributed by atoms with van der Waals surface area (Å²) in [7, 11) is 2.74. The highest BCUT2D eigenvalue weighted by Gasteiger charge is 2.06. The fourth-order valence-corrected chi connectivity index (χ4v) is 1.30. The van der Waals surface area contributed by atoms with Crippen molar-refractivity contribution in [2.24, 2.45) is 5.41 Å². The molecule has 0 rings (SSSR count). The molecule has 0 nitrogen and oxygen atoms in total. The van der Waals surface area contributed by atoms with Crippen molar-refractivity contribution in [3.05, 3.63) is 0 Å². The predicted octanol–water partition coefficient (Wildman–Crippen LogP) is 2.30. The van der Waals surface area contributed by atoms with E-state index in [1.165, 1.54) is 12.6 Å². The first-order chi connectivity index (χ1) is 3.06. The lowest BCUT2D eigenvalue weighted by molar-refractivity contribution is 0.401. The van der Waals surface area contributed by atoms with Crippen molar-refractivity contribution >= 4 is 9.24 Å². The Labute approximate surface area is 48.9 Å². The fraction of sp³-hybridized carbons (Fsp3) is 1.00. The SMILES string of the molecule is CC(C)(C)CCP. The van der Waals surface area contributed by atoms with Gasteiger partial charge in [0.25, 0.3) is 0 Å². The zero-order chi connectivity index (χ0) is 5.91. The molecule has 1 heteroatoms. The largest absolute Gasteiger partial charge is 0.138 e. The van der Waals surface area contributed by atoms with E-state index in [1.807, 2.05) is 0 Å². The molecule has 0 bridgehead atoms. The summed E-state index contributed by atoms with van der Waals surface area (Å²) in [5.74, 6) is 0. The van der Waals surface area contributed by atoms with E-state index in [-0.39, 0.29) is 0 Å². The van der Waals surface area contributed by atoms with Gasteiger partial charge in [0.2, 0.25) is 0 Å². The third-order valence-electron chi connectivity index (χ3n) is 0.894. The van der Waals surface area contributed by atoms with Gasteiger partial charge in [-0.2, -0.15) is 0 Å². The second-order valence-corrected chi connectivity index (χ2v) is 3.68. The van der Waals surface area contributed by atoms with Crippen LogP contribution in [0.25, 0.3) is 0 Å². The van der Waals surface area contributed by atoms with Gasteiger partial charge in [0.05, 0.1) is 0 Å². The van der Waals surface area contributed by atoms with E-state index in [4.69, 9.17) is 0 Å². The van der Waals surface area contributed by atoms with Gasteiger partial charge in [-0.15, -0.1) is 9.24 Å². The summed E-state index contributed by atoms with van der Waals surface area (Å²) >= 11 is 0. The molecule has 0 saturated heterocycles. The van der Waals surface area contributed by atoms with Crippen molar-refractivity contribution in [3.63, 3.8) is 0 Å². The van der Waals surface area contributed by atoms with Crippen LogP contribution in [0.15, 0.2) is 0 Å². The lowest BCUT2D eigenvalue weighted by Gasteiger charge is -2.15. The van der Waals surface area contributed by atoms with Crippen LogP contribution in [-0.2, 0) is 0 Å². The van der Waals surface area contributed by atoms with Crippen molar-refractivity contribution in [3.8, 4) is 0 Å². The Hall–Kier alpha value is 0.430. The molecule has 7 heavy (non-hydrogen) atoms. The quantitative estimate of drug-likeness (QED) is 0.463. The van der Waals surface area contributed by atoms with E-state index >= 15 is 0 Å². The van der Waals surface area contributed by atoms with E-state index in [0.717, 1.165) is 0 Å². The van der Waals surface area contributed by atoms with E-state index in [9.17, 15) is 0 Å². The number of hydrogen-bond donors (Lipinski definition) is 0. The highest BCUT2D eigenvalue weighted by atomic mass is 31.0. The molecule has 0 aromatic carbocycles. The second-order valence-electron chi connectivity index (χ2n) is 3.10. The molecule has 0 N–H and O–H groups in total. The molecule has 0 aliphatic carbocycles. The van der Waals surface area contributed by atoms with Gasteiger partial charge in [-0.25, -0.2) is 0 Å². The first kappa shape index (κ1) is 7.43. The van der Waals surface area contributed by atoms with Gasteiger partial charge in [-0.3, -0.25) is 0 Å². The van der Waals surface area contributed by atoms with Crippen LogP contribution in [-0.4, -0.2) is 6.16 Å². The highest BCUT2D eigenvalue weighted by molar-refractivity contribution is 7.16. The molecular formula is C6H15P. The first-order valence-corrected chi connectivity index (χ1v) is 3.58. The molecule has 0 heterocycles. The van der Waals surface area contributed by atoms with Crippen molar-refractivity contribution in [1.82, 2.24) is 0 Å². The number of hydrogen-bond acceptors (Lipinski definition) is 0. The zero-order valence-electron chi connectivity index (χ0n) is 5.49. The third kappa shape index (κ3) is 6.43. The van der Waals surface area contributed by atoms with Crippen LogP contribution in [0.1, 0.15) is 27.2 Å². The van der Waals surface area contributed by atoms with Crippen LogP contribution in [0.2, 0.25) is 0 Å². The van der Waals surface area contributed by atoms with Crippen LogP contribution in [0.3, 0.4) is 0 Å². The molecule has 1 atom stereocenters. The average Bonchev–Trinajstić information content (AvgIpc) is 1.30. The molecule has 0 amide bonds. The minimum absolute atomic E-state index is 0.530. The topological polar surface area (TPSA) is 0 Å². The van der Waals surface area contributed by atoms with E-state index in [2.05, 4.69) is 30.0 Å². The van der Waals surface area contributed by atoms with Crippen molar-refractivity contribution in [2.75, 3.05) is 6.16 Å². The monoisotopic (exact) mass is 118 g/mol. The van der Waals surface area contributed by atoms with Crippen molar-refractivity contribution in [1.29, 1.82) is 0 Å². The summed E-state index contributed by atoms with van der Waals surface area (Å²) in [5.41, 5.74) is 0.530. The second kappa shape index (κ2) is 2.67. The standard InChI is InChI=1S/C6H15P/c1-6(2,3)4-5-7/h4-5,7H2,1-3H3. The number of rotatable bonds is 1. The van der Waals surface area contributed by atoms with Gasteiger partial charge in [0, 0.05) is 0 Å². The lowest BCUT2D eigenvalue weighted by atomic mass is 9.94. The predicted molar refractivity (Wildman–Crippen MR) is 38.6 cm³/mol. The molecule has 44 valence electrons. The Kier molecular flexibility index (Phi) is 2.83. The Morgan fingerprint density at radius 2 is 1.71 bits per heavy atom. The molecule has 0 aliphatic heterocycles. The van der Waals surface area contributed by atoms with Gasteiger partial charge in [0.1, 0.15) is 0 Å². The van der Waals surface area contributed by atoms with Crippen LogP contribution < -0.4 is 0 Å². The molecule has 0 saturated carbocycles. The Bertz CT molecular complexity index is 42.6. The molecule has 0 fully saturated rings. The molecular weight excluding hydrogens is 103 g/mol. The molecule has 0 aromatic heterocycles. The van der Waals surface area contributed by atoms with Crippen LogP contribution in [0, 0.1) is 5.41 Å². The summed E-state index contributed by atoms with van der Waals surface area (Å²) in [5, 5.41) is 0. The maximum absolute atomic E-state index is 2.74. The highest BCUT2D eigenvalue weighted by Crippen LogP contribution is 2.18. The van der Waals surface area contributed by atoms with Gasteiger partial charge < -0.3 is 0 Å². The Balaban J connectivity index is 3.15.